The van der Waals surface area contributed by atoms with Gasteiger partial charge in [0.15, 0.2) is 0 Å². The molecule has 2 nitrogen and oxygen atoms in total. The number of hydrogen-bond acceptors (Lipinski definition) is 2. The maximum Gasteiger partial charge on any atom is 0.128 e. The smallest absolute Gasteiger partial charge is 0.128 e. The van der Waals surface area contributed by atoms with Crippen molar-refractivity contribution in [2.75, 3.05) is 18.0 Å². The van der Waals surface area contributed by atoms with Crippen LogP contribution in [0, 0.1) is 5.82 Å². The first-order valence-electron chi connectivity index (χ1n) is 7.52. The molecule has 0 bridgehead atoms. The standard InChI is InChI=1S/C16H25FN2/c1-2-19(13-7-4-3-5-8-13)16-10-6-9-15(17)14(16)11-12-18/h6,9-10,13H,2-5,7-8,11-12,18H2,1H3. The van der Waals surface area contributed by atoms with Gasteiger partial charge in [-0.15, -0.1) is 0 Å². The van der Waals surface area contributed by atoms with E-state index in [2.05, 4.69) is 11.8 Å². The summed E-state index contributed by atoms with van der Waals surface area (Å²) in [6, 6.07) is 5.98. The Morgan fingerprint density at radius 1 is 1.26 bits per heavy atom. The monoisotopic (exact) mass is 264 g/mol. The molecular formula is C16H25FN2. The summed E-state index contributed by atoms with van der Waals surface area (Å²) in [5, 5.41) is 0. The van der Waals surface area contributed by atoms with E-state index in [0.29, 0.717) is 19.0 Å². The molecule has 1 aliphatic rings. The van der Waals surface area contributed by atoms with Gasteiger partial charge in [-0.3, -0.25) is 0 Å². The lowest BCUT2D eigenvalue weighted by Gasteiger charge is -2.36. The highest BCUT2D eigenvalue weighted by Gasteiger charge is 2.22. The van der Waals surface area contributed by atoms with Crippen LogP contribution in [0.5, 0.6) is 0 Å². The Hall–Kier alpha value is -1.09. The van der Waals surface area contributed by atoms with E-state index in [1.54, 1.807) is 6.07 Å². The first-order chi connectivity index (χ1) is 9.27. The Bertz CT molecular complexity index is 400. The second-order valence-electron chi connectivity index (χ2n) is 5.35. The summed E-state index contributed by atoms with van der Waals surface area (Å²) in [6.07, 6.45) is 7.00. The second kappa shape index (κ2) is 6.90. The molecule has 0 heterocycles. The van der Waals surface area contributed by atoms with Crippen LogP contribution in [-0.2, 0) is 6.42 Å². The van der Waals surface area contributed by atoms with Gasteiger partial charge in [0.25, 0.3) is 0 Å². The number of halogens is 1. The van der Waals surface area contributed by atoms with Crippen LogP contribution in [0.2, 0.25) is 0 Å². The van der Waals surface area contributed by atoms with Gasteiger partial charge in [-0.2, -0.15) is 0 Å². The normalized spacial score (nSPS) is 16.6. The van der Waals surface area contributed by atoms with Crippen molar-refractivity contribution >= 4 is 5.69 Å². The van der Waals surface area contributed by atoms with Gasteiger partial charge in [0.05, 0.1) is 0 Å². The fourth-order valence-corrected chi connectivity index (χ4v) is 3.23. The van der Waals surface area contributed by atoms with Crippen LogP contribution in [-0.4, -0.2) is 19.1 Å². The molecule has 0 spiro atoms. The minimum absolute atomic E-state index is 0.114. The predicted molar refractivity (Wildman–Crippen MR) is 79.1 cm³/mol. The third-order valence-corrected chi connectivity index (χ3v) is 4.15. The van der Waals surface area contributed by atoms with Crippen LogP contribution in [0.4, 0.5) is 10.1 Å². The van der Waals surface area contributed by atoms with Crippen molar-refractivity contribution in [1.29, 1.82) is 0 Å². The van der Waals surface area contributed by atoms with Crippen LogP contribution in [0.3, 0.4) is 0 Å². The minimum Gasteiger partial charge on any atom is -0.369 e. The number of nitrogens with zero attached hydrogens (tertiary/aromatic N) is 1. The van der Waals surface area contributed by atoms with Crippen molar-refractivity contribution in [1.82, 2.24) is 0 Å². The van der Waals surface area contributed by atoms with Gasteiger partial charge in [-0.25, -0.2) is 4.39 Å². The number of rotatable bonds is 5. The Balaban J connectivity index is 2.28. The van der Waals surface area contributed by atoms with Crippen molar-refractivity contribution in [2.24, 2.45) is 5.73 Å². The van der Waals surface area contributed by atoms with Gasteiger partial charge in [0.2, 0.25) is 0 Å². The number of benzene rings is 1. The topological polar surface area (TPSA) is 29.3 Å². The van der Waals surface area contributed by atoms with Crippen LogP contribution in [0.25, 0.3) is 0 Å². The molecule has 1 aliphatic carbocycles. The van der Waals surface area contributed by atoms with E-state index >= 15 is 0 Å². The van der Waals surface area contributed by atoms with Crippen LogP contribution in [0.1, 0.15) is 44.6 Å². The molecule has 106 valence electrons. The molecule has 0 radical (unpaired) electrons. The molecular weight excluding hydrogens is 239 g/mol. The number of nitrogens with two attached hydrogens (primary N) is 1. The highest BCUT2D eigenvalue weighted by molar-refractivity contribution is 5.55. The molecule has 0 saturated heterocycles. The molecule has 0 atom stereocenters. The predicted octanol–water partition coefficient (Wildman–Crippen LogP) is 3.49. The fraction of sp³-hybridized carbons (Fsp3) is 0.625. The average molecular weight is 264 g/mol. The Labute approximate surface area is 115 Å². The van der Waals surface area contributed by atoms with Crippen molar-refractivity contribution in [3.8, 4) is 0 Å². The zero-order valence-corrected chi connectivity index (χ0v) is 11.9. The lowest BCUT2D eigenvalue weighted by molar-refractivity contribution is 0.417. The van der Waals surface area contributed by atoms with E-state index in [0.717, 1.165) is 17.8 Å². The second-order valence-corrected chi connectivity index (χ2v) is 5.35. The van der Waals surface area contributed by atoms with Gasteiger partial charge >= 0.3 is 0 Å². The van der Waals surface area contributed by atoms with E-state index in [1.165, 1.54) is 32.1 Å². The average Bonchev–Trinajstić information content (AvgIpc) is 2.44. The first-order valence-corrected chi connectivity index (χ1v) is 7.52. The molecule has 1 saturated carbocycles. The molecule has 1 aromatic rings. The molecule has 19 heavy (non-hydrogen) atoms. The van der Waals surface area contributed by atoms with E-state index in [4.69, 9.17) is 5.73 Å². The van der Waals surface area contributed by atoms with E-state index in [1.807, 2.05) is 12.1 Å². The molecule has 1 fully saturated rings. The lowest BCUT2D eigenvalue weighted by atomic mass is 9.93. The van der Waals surface area contributed by atoms with Crippen molar-refractivity contribution in [2.45, 2.75) is 51.5 Å². The van der Waals surface area contributed by atoms with Gasteiger partial charge in [0, 0.05) is 23.8 Å². The highest BCUT2D eigenvalue weighted by atomic mass is 19.1. The molecule has 0 aliphatic heterocycles. The maximum absolute atomic E-state index is 14.0. The van der Waals surface area contributed by atoms with Gasteiger partial charge < -0.3 is 10.6 Å². The fourth-order valence-electron chi connectivity index (χ4n) is 3.23. The lowest BCUT2D eigenvalue weighted by Crippen LogP contribution is -2.37. The van der Waals surface area contributed by atoms with E-state index in [9.17, 15) is 4.39 Å². The van der Waals surface area contributed by atoms with Gasteiger partial charge in [-0.05, 0) is 44.9 Å². The summed E-state index contributed by atoms with van der Waals surface area (Å²) in [4.78, 5) is 2.38. The summed E-state index contributed by atoms with van der Waals surface area (Å²) in [7, 11) is 0. The van der Waals surface area contributed by atoms with Crippen LogP contribution in [0.15, 0.2) is 18.2 Å². The summed E-state index contributed by atoms with van der Waals surface area (Å²) in [5.74, 6) is -0.114. The molecule has 1 aromatic carbocycles. The van der Waals surface area contributed by atoms with Crippen LogP contribution >= 0.6 is 0 Å². The first kappa shape index (κ1) is 14.3. The Kier molecular flexibility index (Phi) is 5.20. The van der Waals surface area contributed by atoms with Gasteiger partial charge in [0.1, 0.15) is 5.82 Å². The SMILES string of the molecule is CCN(c1cccc(F)c1CCN)C1CCCCC1. The summed E-state index contributed by atoms with van der Waals surface area (Å²) in [5.41, 5.74) is 7.48. The molecule has 0 unspecified atom stereocenters. The molecule has 0 amide bonds. The minimum atomic E-state index is -0.114. The van der Waals surface area contributed by atoms with Crippen molar-refractivity contribution in [3.63, 3.8) is 0 Å². The molecule has 3 heteroatoms. The number of hydrogen-bond donors (Lipinski definition) is 1. The quantitative estimate of drug-likeness (QED) is 0.882. The summed E-state index contributed by atoms with van der Waals surface area (Å²) >= 11 is 0. The molecule has 2 rings (SSSR count). The van der Waals surface area contributed by atoms with Crippen molar-refractivity contribution in [3.05, 3.63) is 29.6 Å². The van der Waals surface area contributed by atoms with Crippen LogP contribution < -0.4 is 10.6 Å². The zero-order chi connectivity index (χ0) is 13.7. The maximum atomic E-state index is 14.0. The Morgan fingerprint density at radius 3 is 2.63 bits per heavy atom. The third kappa shape index (κ3) is 3.27. The van der Waals surface area contributed by atoms with E-state index in [-0.39, 0.29) is 5.82 Å². The highest BCUT2D eigenvalue weighted by Crippen LogP contribution is 2.30. The Morgan fingerprint density at radius 2 is 2.00 bits per heavy atom. The molecule has 0 aromatic heterocycles. The molecule has 2 N–H and O–H groups in total. The van der Waals surface area contributed by atoms with Gasteiger partial charge in [-0.1, -0.05) is 25.3 Å². The number of anilines is 1. The van der Waals surface area contributed by atoms with Crippen molar-refractivity contribution < 1.29 is 4.39 Å². The zero-order valence-electron chi connectivity index (χ0n) is 11.9. The van der Waals surface area contributed by atoms with E-state index < -0.39 is 0 Å². The third-order valence-electron chi connectivity index (χ3n) is 4.15. The largest absolute Gasteiger partial charge is 0.369 e. The summed E-state index contributed by atoms with van der Waals surface area (Å²) < 4.78 is 14.0. The summed E-state index contributed by atoms with van der Waals surface area (Å²) in [6.45, 7) is 3.59.